The number of amides is 2. The van der Waals surface area contributed by atoms with E-state index in [1.807, 2.05) is 6.07 Å². The summed E-state index contributed by atoms with van der Waals surface area (Å²) in [6.07, 6.45) is 0. The van der Waals surface area contributed by atoms with Crippen molar-refractivity contribution in [2.75, 3.05) is 10.6 Å². The van der Waals surface area contributed by atoms with Crippen LogP contribution in [0.2, 0.25) is 0 Å². The van der Waals surface area contributed by atoms with Gasteiger partial charge in [-0.25, -0.2) is 0 Å². The Kier molecular flexibility index (Phi) is 5.15. The molecule has 7 heteroatoms. The fourth-order valence-electron chi connectivity index (χ4n) is 2.24. The van der Waals surface area contributed by atoms with Gasteiger partial charge in [-0.2, -0.15) is 5.26 Å². The van der Waals surface area contributed by atoms with Gasteiger partial charge in [-0.3, -0.25) is 9.59 Å². The monoisotopic (exact) mass is 409 g/mol. The summed E-state index contributed by atoms with van der Waals surface area (Å²) in [6.45, 7) is 0. The minimum absolute atomic E-state index is 0.153. The van der Waals surface area contributed by atoms with Gasteiger partial charge in [-0.05, 0) is 64.5 Å². The Labute approximate surface area is 157 Å². The van der Waals surface area contributed by atoms with E-state index in [9.17, 15) is 9.59 Å². The number of hydrogen-bond donors (Lipinski definition) is 2. The molecule has 2 aromatic carbocycles. The molecule has 3 rings (SSSR count). The summed E-state index contributed by atoms with van der Waals surface area (Å²) in [4.78, 5) is 24.5. The third-order valence-corrected chi connectivity index (χ3v) is 3.86. The molecule has 0 spiro atoms. The van der Waals surface area contributed by atoms with Gasteiger partial charge in [0.1, 0.15) is 0 Å². The average molecular weight is 410 g/mol. The molecule has 2 amide bonds. The molecular weight excluding hydrogens is 398 g/mol. The quantitative estimate of drug-likeness (QED) is 0.666. The second-order valence-corrected chi connectivity index (χ2v) is 6.07. The Morgan fingerprint density at radius 2 is 1.62 bits per heavy atom. The van der Waals surface area contributed by atoms with E-state index in [-0.39, 0.29) is 11.7 Å². The van der Waals surface area contributed by atoms with Crippen LogP contribution in [0.3, 0.4) is 0 Å². The van der Waals surface area contributed by atoms with Crippen molar-refractivity contribution in [2.24, 2.45) is 0 Å². The molecule has 0 saturated heterocycles. The van der Waals surface area contributed by atoms with E-state index in [1.165, 1.54) is 6.07 Å². The Bertz CT molecular complexity index is 1020. The number of furan rings is 1. The van der Waals surface area contributed by atoms with E-state index in [2.05, 4.69) is 26.6 Å². The van der Waals surface area contributed by atoms with Crippen LogP contribution in [0.1, 0.15) is 26.5 Å². The summed E-state index contributed by atoms with van der Waals surface area (Å²) in [5.41, 5.74) is 1.80. The Morgan fingerprint density at radius 3 is 2.31 bits per heavy atom. The number of nitrogens with one attached hydrogen (secondary N) is 2. The van der Waals surface area contributed by atoms with E-state index in [0.29, 0.717) is 27.2 Å². The van der Waals surface area contributed by atoms with Gasteiger partial charge in [-0.1, -0.05) is 12.1 Å². The zero-order chi connectivity index (χ0) is 18.5. The molecule has 0 saturated carbocycles. The molecule has 0 aliphatic heterocycles. The average Bonchev–Trinajstić information content (AvgIpc) is 3.08. The lowest BCUT2D eigenvalue weighted by Gasteiger charge is -2.08. The van der Waals surface area contributed by atoms with Crippen molar-refractivity contribution in [3.05, 3.63) is 82.2 Å². The summed E-state index contributed by atoms with van der Waals surface area (Å²) in [5.74, 6) is -0.619. The van der Waals surface area contributed by atoms with E-state index in [1.54, 1.807) is 54.6 Å². The van der Waals surface area contributed by atoms with Crippen LogP contribution >= 0.6 is 15.9 Å². The zero-order valence-electron chi connectivity index (χ0n) is 13.3. The highest BCUT2D eigenvalue weighted by Crippen LogP contribution is 2.18. The second kappa shape index (κ2) is 7.68. The molecule has 0 unspecified atom stereocenters. The fraction of sp³-hybridized carbons (Fsp3) is 0. The molecular formula is C19H12BrN3O3. The van der Waals surface area contributed by atoms with Gasteiger partial charge in [0, 0.05) is 16.9 Å². The highest BCUT2D eigenvalue weighted by atomic mass is 79.9. The van der Waals surface area contributed by atoms with Crippen molar-refractivity contribution in [3.63, 3.8) is 0 Å². The Balaban J connectivity index is 1.73. The molecule has 0 bridgehead atoms. The standard InChI is InChI=1S/C19H12BrN3O3/c20-17-8-7-16(26-17)19(25)23-15-6-2-4-13(10-15)18(24)22-14-5-1-3-12(9-14)11-21/h1-10H,(H,22,24)(H,23,25). The molecule has 26 heavy (non-hydrogen) atoms. The molecule has 2 N–H and O–H groups in total. The largest absolute Gasteiger partial charge is 0.444 e. The number of benzene rings is 2. The first-order chi connectivity index (χ1) is 12.5. The second-order valence-electron chi connectivity index (χ2n) is 5.29. The highest BCUT2D eigenvalue weighted by Gasteiger charge is 2.12. The maximum Gasteiger partial charge on any atom is 0.291 e. The summed E-state index contributed by atoms with van der Waals surface area (Å²) in [7, 11) is 0. The maximum atomic E-state index is 12.4. The molecule has 0 aliphatic carbocycles. The summed E-state index contributed by atoms with van der Waals surface area (Å²) >= 11 is 3.14. The lowest BCUT2D eigenvalue weighted by atomic mass is 10.1. The van der Waals surface area contributed by atoms with Crippen LogP contribution in [0.15, 0.2) is 69.8 Å². The third-order valence-electron chi connectivity index (χ3n) is 3.43. The van der Waals surface area contributed by atoms with Crippen molar-refractivity contribution in [1.29, 1.82) is 5.26 Å². The van der Waals surface area contributed by atoms with Gasteiger partial charge in [-0.15, -0.1) is 0 Å². The normalized spacial score (nSPS) is 10.0. The summed E-state index contributed by atoms with van der Waals surface area (Å²) < 4.78 is 5.65. The molecule has 0 aliphatic rings. The number of nitrogens with zero attached hydrogens (tertiary/aromatic N) is 1. The van der Waals surface area contributed by atoms with Gasteiger partial charge in [0.25, 0.3) is 11.8 Å². The number of nitriles is 1. The SMILES string of the molecule is N#Cc1cccc(NC(=O)c2cccc(NC(=O)c3ccc(Br)o3)c2)c1. The van der Waals surface area contributed by atoms with Gasteiger partial charge in [0.05, 0.1) is 11.6 Å². The van der Waals surface area contributed by atoms with E-state index >= 15 is 0 Å². The number of hydrogen-bond acceptors (Lipinski definition) is 4. The highest BCUT2D eigenvalue weighted by molar-refractivity contribution is 9.10. The fourth-order valence-corrected chi connectivity index (χ4v) is 2.54. The summed E-state index contributed by atoms with van der Waals surface area (Å²) in [5, 5.41) is 14.3. The van der Waals surface area contributed by atoms with Crippen molar-refractivity contribution < 1.29 is 14.0 Å². The molecule has 128 valence electrons. The van der Waals surface area contributed by atoms with Crippen LogP contribution in [0.25, 0.3) is 0 Å². The summed E-state index contributed by atoms with van der Waals surface area (Å²) in [6, 6.07) is 18.3. The zero-order valence-corrected chi connectivity index (χ0v) is 14.9. The molecule has 0 fully saturated rings. The first-order valence-corrected chi connectivity index (χ1v) is 8.33. The molecule has 1 heterocycles. The number of anilines is 2. The van der Waals surface area contributed by atoms with Crippen LogP contribution in [0.4, 0.5) is 11.4 Å². The predicted octanol–water partition coefficient (Wildman–Crippen LogP) is 4.42. The van der Waals surface area contributed by atoms with E-state index in [4.69, 9.17) is 9.68 Å². The molecule has 1 aromatic heterocycles. The Hall–Kier alpha value is -3.37. The lowest BCUT2D eigenvalue weighted by Crippen LogP contribution is -2.14. The number of carbonyl (C=O) groups excluding carboxylic acids is 2. The molecule has 0 radical (unpaired) electrons. The topological polar surface area (TPSA) is 95.1 Å². The maximum absolute atomic E-state index is 12.4. The van der Waals surface area contributed by atoms with E-state index < -0.39 is 5.91 Å². The van der Waals surface area contributed by atoms with Crippen LogP contribution in [0, 0.1) is 11.3 Å². The smallest absolute Gasteiger partial charge is 0.291 e. The molecule has 3 aromatic rings. The number of halogens is 1. The molecule has 0 atom stereocenters. The van der Waals surface area contributed by atoms with Gasteiger partial charge < -0.3 is 15.1 Å². The van der Waals surface area contributed by atoms with Crippen molar-refractivity contribution >= 4 is 39.1 Å². The van der Waals surface area contributed by atoms with Crippen LogP contribution in [-0.4, -0.2) is 11.8 Å². The first kappa shape index (κ1) is 17.5. The van der Waals surface area contributed by atoms with E-state index in [0.717, 1.165) is 0 Å². The van der Waals surface area contributed by atoms with Gasteiger partial charge in [0.2, 0.25) is 0 Å². The van der Waals surface area contributed by atoms with Crippen molar-refractivity contribution in [2.45, 2.75) is 0 Å². The van der Waals surface area contributed by atoms with Gasteiger partial charge in [0.15, 0.2) is 10.4 Å². The number of rotatable bonds is 4. The third kappa shape index (κ3) is 4.18. The first-order valence-electron chi connectivity index (χ1n) is 7.53. The lowest BCUT2D eigenvalue weighted by molar-refractivity contribution is 0.0992. The van der Waals surface area contributed by atoms with Crippen molar-refractivity contribution in [3.8, 4) is 6.07 Å². The van der Waals surface area contributed by atoms with Crippen LogP contribution < -0.4 is 10.6 Å². The minimum atomic E-state index is -0.421. The predicted molar refractivity (Wildman–Crippen MR) is 99.9 cm³/mol. The van der Waals surface area contributed by atoms with Gasteiger partial charge >= 0.3 is 0 Å². The Morgan fingerprint density at radius 1 is 0.923 bits per heavy atom. The molecule has 6 nitrogen and oxygen atoms in total. The van der Waals surface area contributed by atoms with Crippen LogP contribution in [0.5, 0.6) is 0 Å². The van der Waals surface area contributed by atoms with Crippen LogP contribution in [-0.2, 0) is 0 Å². The van der Waals surface area contributed by atoms with Crippen molar-refractivity contribution in [1.82, 2.24) is 0 Å². The minimum Gasteiger partial charge on any atom is -0.444 e. The number of carbonyl (C=O) groups is 2.